The molecule has 0 bridgehead atoms. The van der Waals surface area contributed by atoms with Crippen molar-refractivity contribution >= 4 is 0 Å². The molecule has 2 nitrogen and oxygen atoms in total. The van der Waals surface area contributed by atoms with Gasteiger partial charge in [-0.1, -0.05) is 85.1 Å². The zero-order chi connectivity index (χ0) is 24.8. The zero-order valence-corrected chi connectivity index (χ0v) is 22.6. The van der Waals surface area contributed by atoms with E-state index < -0.39 is 0 Å². The highest BCUT2D eigenvalue weighted by atomic mass is 16.3. The van der Waals surface area contributed by atoms with Crippen LogP contribution in [0.5, 0.6) is 11.5 Å². The van der Waals surface area contributed by atoms with Gasteiger partial charge in [0.1, 0.15) is 11.5 Å². The highest BCUT2D eigenvalue weighted by Gasteiger charge is 2.24. The molecule has 0 aromatic heterocycles. The molecule has 0 heterocycles. The van der Waals surface area contributed by atoms with Crippen molar-refractivity contribution in [1.82, 2.24) is 0 Å². The standard InChI is InChI=1S/C31H48O2/c1-9-30(5,6)26-20-24(18-22(3)28(26)32)16-14-12-11-13-15-17-25-19-23(4)29(33)27(21-25)31(7,8)10-2/h18-21,32-33H,9-17H2,1-8H3. The molecule has 0 saturated heterocycles. The van der Waals surface area contributed by atoms with Crippen molar-refractivity contribution in [2.75, 3.05) is 0 Å². The van der Waals surface area contributed by atoms with Crippen molar-refractivity contribution in [3.63, 3.8) is 0 Å². The third-order valence-electron chi connectivity index (χ3n) is 7.88. The van der Waals surface area contributed by atoms with Gasteiger partial charge in [-0.3, -0.25) is 0 Å². The molecule has 0 fully saturated rings. The SMILES string of the molecule is CCC(C)(C)c1cc(CCCCCCCc2cc(C)c(O)c(C(C)(C)CC)c2)cc(C)c1O. The number of hydrogen-bond acceptors (Lipinski definition) is 2. The maximum atomic E-state index is 10.5. The topological polar surface area (TPSA) is 40.5 Å². The Hall–Kier alpha value is -1.96. The van der Waals surface area contributed by atoms with Crippen LogP contribution in [0.1, 0.15) is 120 Å². The van der Waals surface area contributed by atoms with Crippen molar-refractivity contribution in [2.24, 2.45) is 0 Å². The van der Waals surface area contributed by atoms with Crippen LogP contribution < -0.4 is 0 Å². The highest BCUT2D eigenvalue weighted by molar-refractivity contribution is 5.47. The van der Waals surface area contributed by atoms with Crippen molar-refractivity contribution in [1.29, 1.82) is 0 Å². The number of aryl methyl sites for hydroxylation is 4. The average molecular weight is 453 g/mol. The molecular weight excluding hydrogens is 404 g/mol. The third-order valence-corrected chi connectivity index (χ3v) is 7.88. The van der Waals surface area contributed by atoms with Gasteiger partial charge in [-0.25, -0.2) is 0 Å². The molecule has 0 atom stereocenters. The molecule has 0 aliphatic heterocycles. The second kappa shape index (κ2) is 11.4. The Labute approximate surface area is 203 Å². The molecule has 0 amide bonds. The molecule has 33 heavy (non-hydrogen) atoms. The van der Waals surface area contributed by atoms with E-state index in [1.165, 1.54) is 43.2 Å². The Balaban J connectivity index is 1.84. The van der Waals surface area contributed by atoms with E-state index in [0.717, 1.165) is 47.9 Å². The van der Waals surface area contributed by atoms with Crippen LogP contribution in [0.15, 0.2) is 24.3 Å². The Morgan fingerprint density at radius 1 is 0.576 bits per heavy atom. The Morgan fingerprint density at radius 2 is 0.909 bits per heavy atom. The smallest absolute Gasteiger partial charge is 0.122 e. The summed E-state index contributed by atoms with van der Waals surface area (Å²) in [4.78, 5) is 0. The number of phenolic OH excluding ortho intramolecular Hbond substituents is 2. The van der Waals surface area contributed by atoms with Crippen LogP contribution in [0.3, 0.4) is 0 Å². The van der Waals surface area contributed by atoms with Gasteiger partial charge < -0.3 is 10.2 Å². The van der Waals surface area contributed by atoms with Crippen LogP contribution >= 0.6 is 0 Å². The zero-order valence-electron chi connectivity index (χ0n) is 22.6. The Bertz CT molecular complexity index is 846. The molecule has 2 heteroatoms. The number of rotatable bonds is 12. The summed E-state index contributed by atoms with van der Waals surface area (Å²) in [5.41, 5.74) is 6.90. The van der Waals surface area contributed by atoms with E-state index >= 15 is 0 Å². The van der Waals surface area contributed by atoms with Gasteiger partial charge in [0.2, 0.25) is 0 Å². The van der Waals surface area contributed by atoms with Gasteiger partial charge in [0, 0.05) is 11.1 Å². The average Bonchev–Trinajstić information content (AvgIpc) is 2.77. The molecule has 0 aliphatic rings. The van der Waals surface area contributed by atoms with Gasteiger partial charge in [-0.2, -0.15) is 0 Å². The number of phenols is 2. The summed E-state index contributed by atoms with van der Waals surface area (Å²) in [7, 11) is 0. The van der Waals surface area contributed by atoms with Gasteiger partial charge in [-0.05, 0) is 85.5 Å². The van der Waals surface area contributed by atoms with Crippen molar-refractivity contribution in [2.45, 2.75) is 124 Å². The minimum Gasteiger partial charge on any atom is -0.507 e. The number of unbranched alkanes of at least 4 members (excludes halogenated alkanes) is 4. The molecule has 2 aromatic rings. The maximum Gasteiger partial charge on any atom is 0.122 e. The summed E-state index contributed by atoms with van der Waals surface area (Å²) in [5, 5.41) is 21.1. The first-order chi connectivity index (χ1) is 15.4. The van der Waals surface area contributed by atoms with Crippen molar-refractivity contribution in [3.05, 3.63) is 57.6 Å². The summed E-state index contributed by atoms with van der Waals surface area (Å²) < 4.78 is 0. The fourth-order valence-corrected chi connectivity index (χ4v) is 4.60. The predicted octanol–water partition coefficient (Wildman–Crippen LogP) is 8.83. The van der Waals surface area contributed by atoms with Crippen molar-refractivity contribution in [3.8, 4) is 11.5 Å². The Kier molecular flexibility index (Phi) is 9.47. The lowest BCUT2D eigenvalue weighted by molar-refractivity contribution is 0.424. The van der Waals surface area contributed by atoms with Crippen LogP contribution in [-0.2, 0) is 23.7 Å². The maximum absolute atomic E-state index is 10.5. The van der Waals surface area contributed by atoms with Gasteiger partial charge >= 0.3 is 0 Å². The summed E-state index contributed by atoms with van der Waals surface area (Å²) in [6.07, 6.45) is 10.3. The number of hydrogen-bond donors (Lipinski definition) is 2. The van der Waals surface area contributed by atoms with Gasteiger partial charge in [0.25, 0.3) is 0 Å². The minimum absolute atomic E-state index is 0.00361. The summed E-state index contributed by atoms with van der Waals surface area (Å²) in [5.74, 6) is 0.945. The summed E-state index contributed by atoms with van der Waals surface area (Å²) in [6, 6.07) is 8.78. The second-order valence-corrected chi connectivity index (χ2v) is 11.4. The molecule has 2 aromatic carbocycles. The molecule has 2 rings (SSSR count). The highest BCUT2D eigenvalue weighted by Crippen LogP contribution is 2.38. The first-order valence-electron chi connectivity index (χ1n) is 13.1. The lowest BCUT2D eigenvalue weighted by Crippen LogP contribution is -2.16. The number of aromatic hydroxyl groups is 2. The lowest BCUT2D eigenvalue weighted by atomic mass is 9.79. The Morgan fingerprint density at radius 3 is 1.24 bits per heavy atom. The normalized spacial score (nSPS) is 12.4. The minimum atomic E-state index is 0.00361. The predicted molar refractivity (Wildman–Crippen MR) is 143 cm³/mol. The van der Waals surface area contributed by atoms with Gasteiger partial charge in [-0.15, -0.1) is 0 Å². The van der Waals surface area contributed by atoms with Crippen molar-refractivity contribution < 1.29 is 10.2 Å². The van der Waals surface area contributed by atoms with E-state index in [1.807, 2.05) is 13.8 Å². The van der Waals surface area contributed by atoms with Gasteiger partial charge in [0.05, 0.1) is 0 Å². The fraction of sp³-hybridized carbons (Fsp3) is 0.613. The molecule has 0 saturated carbocycles. The number of benzene rings is 2. The lowest BCUT2D eigenvalue weighted by Gasteiger charge is -2.26. The van der Waals surface area contributed by atoms with Crippen LogP contribution in [0.25, 0.3) is 0 Å². The largest absolute Gasteiger partial charge is 0.507 e. The van der Waals surface area contributed by atoms with E-state index in [0.29, 0.717) is 11.5 Å². The molecular formula is C31H48O2. The van der Waals surface area contributed by atoms with E-state index in [9.17, 15) is 10.2 Å². The third kappa shape index (κ3) is 7.01. The first-order valence-corrected chi connectivity index (χ1v) is 13.1. The quantitative estimate of drug-likeness (QED) is 0.316. The fourth-order valence-electron chi connectivity index (χ4n) is 4.60. The molecule has 0 spiro atoms. The molecule has 184 valence electrons. The van der Waals surface area contributed by atoms with E-state index in [1.54, 1.807) is 0 Å². The van der Waals surface area contributed by atoms with Crippen LogP contribution in [0.4, 0.5) is 0 Å². The summed E-state index contributed by atoms with van der Waals surface area (Å²) in [6.45, 7) is 17.3. The van der Waals surface area contributed by atoms with Gasteiger partial charge in [0.15, 0.2) is 0 Å². The van der Waals surface area contributed by atoms with E-state index in [-0.39, 0.29) is 10.8 Å². The first kappa shape index (κ1) is 27.3. The van der Waals surface area contributed by atoms with Crippen LogP contribution in [0.2, 0.25) is 0 Å². The summed E-state index contributed by atoms with van der Waals surface area (Å²) >= 11 is 0. The second-order valence-electron chi connectivity index (χ2n) is 11.4. The molecule has 0 unspecified atom stereocenters. The van der Waals surface area contributed by atoms with Crippen LogP contribution in [-0.4, -0.2) is 10.2 Å². The molecule has 0 aliphatic carbocycles. The molecule has 0 radical (unpaired) electrons. The van der Waals surface area contributed by atoms with E-state index in [2.05, 4.69) is 65.8 Å². The van der Waals surface area contributed by atoms with Crippen LogP contribution in [0, 0.1) is 13.8 Å². The monoisotopic (exact) mass is 452 g/mol. The molecule has 2 N–H and O–H groups in total. The van der Waals surface area contributed by atoms with E-state index in [4.69, 9.17) is 0 Å².